The van der Waals surface area contributed by atoms with E-state index in [2.05, 4.69) is 63.3 Å². The summed E-state index contributed by atoms with van der Waals surface area (Å²) in [6.07, 6.45) is 3.42. The summed E-state index contributed by atoms with van der Waals surface area (Å²) < 4.78 is 5.82. The second-order valence-corrected chi connectivity index (χ2v) is 7.50. The van der Waals surface area contributed by atoms with Crippen LogP contribution in [0.5, 0.6) is 5.75 Å². The fraction of sp³-hybridized carbons (Fsp3) is 0.600. The topological polar surface area (TPSA) is 57.3 Å². The molecule has 26 heavy (non-hydrogen) atoms. The van der Waals surface area contributed by atoms with Crippen molar-refractivity contribution in [2.75, 3.05) is 40.3 Å². The third-order valence-corrected chi connectivity index (χ3v) is 4.83. The Hall–Kier alpha value is -1.92. The van der Waals surface area contributed by atoms with Gasteiger partial charge in [-0.15, -0.1) is 0 Å². The van der Waals surface area contributed by atoms with Gasteiger partial charge in [-0.05, 0) is 64.5 Å². The van der Waals surface area contributed by atoms with E-state index in [0.29, 0.717) is 5.92 Å². The van der Waals surface area contributed by atoms with Gasteiger partial charge in [-0.2, -0.15) is 5.10 Å². The Balaban J connectivity index is 1.47. The van der Waals surface area contributed by atoms with Gasteiger partial charge in [0.25, 0.3) is 0 Å². The second-order valence-electron chi connectivity index (χ2n) is 7.50. The largest absolute Gasteiger partial charge is 0.494 e. The molecular weight excluding hydrogens is 326 g/mol. The van der Waals surface area contributed by atoms with Crippen molar-refractivity contribution in [2.24, 2.45) is 0 Å². The average Bonchev–Trinajstić information content (AvgIpc) is 3.07. The monoisotopic (exact) mass is 357 g/mol. The normalized spacial score (nSPS) is 18.4. The van der Waals surface area contributed by atoms with E-state index in [1.807, 2.05) is 6.92 Å². The van der Waals surface area contributed by atoms with Crippen LogP contribution in [0.3, 0.4) is 0 Å². The van der Waals surface area contributed by atoms with Crippen LogP contribution in [0.1, 0.15) is 42.4 Å². The van der Waals surface area contributed by atoms with Gasteiger partial charge in [0.2, 0.25) is 0 Å². The summed E-state index contributed by atoms with van der Waals surface area (Å²) in [5.74, 6) is 3.26. The Bertz CT molecular complexity index is 667. The minimum Gasteiger partial charge on any atom is -0.494 e. The number of aromatic nitrogens is 3. The Kier molecular flexibility index (Phi) is 6.63. The van der Waals surface area contributed by atoms with Crippen LogP contribution in [0, 0.1) is 6.92 Å². The van der Waals surface area contributed by atoms with Gasteiger partial charge in [0.05, 0.1) is 6.61 Å². The van der Waals surface area contributed by atoms with Gasteiger partial charge in [-0.1, -0.05) is 12.1 Å². The lowest BCUT2D eigenvalue weighted by atomic mass is 9.97. The molecule has 6 heteroatoms. The molecule has 0 bridgehead atoms. The molecule has 0 unspecified atom stereocenters. The molecule has 1 aromatic carbocycles. The third kappa shape index (κ3) is 5.54. The summed E-state index contributed by atoms with van der Waals surface area (Å²) in [6, 6.07) is 8.54. The molecule has 0 spiro atoms. The Morgan fingerprint density at radius 2 is 2.08 bits per heavy atom. The van der Waals surface area contributed by atoms with Crippen LogP contribution in [0.15, 0.2) is 24.3 Å². The second kappa shape index (κ2) is 9.14. The molecule has 2 aromatic rings. The highest BCUT2D eigenvalue weighted by atomic mass is 16.5. The number of likely N-dealkylation sites (tertiary alicyclic amines) is 1. The van der Waals surface area contributed by atoms with Crippen molar-refractivity contribution in [3.8, 4) is 5.75 Å². The van der Waals surface area contributed by atoms with E-state index >= 15 is 0 Å². The molecule has 1 aromatic heterocycles. The molecule has 3 rings (SSSR count). The summed E-state index contributed by atoms with van der Waals surface area (Å²) >= 11 is 0. The molecule has 6 nitrogen and oxygen atoms in total. The quantitative estimate of drug-likeness (QED) is 0.736. The number of nitrogens with one attached hydrogen (secondary N) is 1. The van der Waals surface area contributed by atoms with Gasteiger partial charge < -0.3 is 9.64 Å². The van der Waals surface area contributed by atoms with Gasteiger partial charge in [-0.25, -0.2) is 4.98 Å². The first-order valence-electron chi connectivity index (χ1n) is 9.58. The van der Waals surface area contributed by atoms with Gasteiger partial charge in [0, 0.05) is 25.6 Å². The number of H-pyrrole nitrogens is 1. The Labute approximate surface area is 156 Å². The van der Waals surface area contributed by atoms with E-state index in [-0.39, 0.29) is 0 Å². The predicted molar refractivity (Wildman–Crippen MR) is 103 cm³/mol. The molecule has 0 aliphatic carbocycles. The summed E-state index contributed by atoms with van der Waals surface area (Å²) in [5, 5.41) is 7.32. The van der Waals surface area contributed by atoms with E-state index in [4.69, 9.17) is 4.74 Å². The standard InChI is InChI=1S/C20H31N5O/c1-16-21-20(23-22-16)18-6-4-12-25(15-18)14-17-7-9-19(10-8-17)26-13-5-11-24(2)3/h7-10,18H,4-6,11-15H2,1-3H3,(H,21,22,23)/t18-/m1/s1. The SMILES string of the molecule is Cc1nc([C@@H]2CCCN(Cc3ccc(OCCCN(C)C)cc3)C2)n[nH]1. The summed E-state index contributed by atoms with van der Waals surface area (Å²) in [5.41, 5.74) is 1.33. The molecule has 1 saturated heterocycles. The summed E-state index contributed by atoms with van der Waals surface area (Å²) in [6.45, 7) is 6.92. The van der Waals surface area contributed by atoms with Crippen LogP contribution < -0.4 is 4.74 Å². The van der Waals surface area contributed by atoms with Crippen LogP contribution in [0.2, 0.25) is 0 Å². The number of ether oxygens (including phenoxy) is 1. The van der Waals surface area contributed by atoms with E-state index in [0.717, 1.165) is 56.6 Å². The van der Waals surface area contributed by atoms with Crippen LogP contribution in [0.25, 0.3) is 0 Å². The highest BCUT2D eigenvalue weighted by Gasteiger charge is 2.24. The zero-order chi connectivity index (χ0) is 18.4. The average molecular weight is 358 g/mol. The maximum atomic E-state index is 5.82. The molecule has 142 valence electrons. The van der Waals surface area contributed by atoms with Crippen molar-refractivity contribution in [3.05, 3.63) is 41.5 Å². The lowest BCUT2D eigenvalue weighted by molar-refractivity contribution is 0.196. The first-order valence-corrected chi connectivity index (χ1v) is 9.58. The smallest absolute Gasteiger partial charge is 0.155 e. The molecule has 1 N–H and O–H groups in total. The summed E-state index contributed by atoms with van der Waals surface area (Å²) in [7, 11) is 4.17. The number of hydrogen-bond acceptors (Lipinski definition) is 5. The van der Waals surface area contributed by atoms with Crippen LogP contribution in [-0.4, -0.2) is 65.3 Å². The molecular formula is C20H31N5O. The number of aryl methyl sites for hydroxylation is 1. The maximum absolute atomic E-state index is 5.82. The fourth-order valence-corrected chi connectivity index (χ4v) is 3.47. The first kappa shape index (κ1) is 18.9. The van der Waals surface area contributed by atoms with Crippen LogP contribution >= 0.6 is 0 Å². The van der Waals surface area contributed by atoms with Crippen molar-refractivity contribution in [1.29, 1.82) is 0 Å². The maximum Gasteiger partial charge on any atom is 0.155 e. The molecule has 0 amide bonds. The highest BCUT2D eigenvalue weighted by molar-refractivity contribution is 5.27. The van der Waals surface area contributed by atoms with Crippen molar-refractivity contribution >= 4 is 0 Å². The number of aromatic amines is 1. The Morgan fingerprint density at radius 1 is 1.27 bits per heavy atom. The van der Waals surface area contributed by atoms with E-state index < -0.39 is 0 Å². The summed E-state index contributed by atoms with van der Waals surface area (Å²) in [4.78, 5) is 9.21. The minimum absolute atomic E-state index is 0.438. The van der Waals surface area contributed by atoms with E-state index in [9.17, 15) is 0 Å². The van der Waals surface area contributed by atoms with Crippen molar-refractivity contribution in [2.45, 2.75) is 38.6 Å². The van der Waals surface area contributed by atoms with Crippen molar-refractivity contribution < 1.29 is 4.74 Å². The van der Waals surface area contributed by atoms with E-state index in [1.165, 1.54) is 18.4 Å². The number of nitrogens with zero attached hydrogens (tertiary/aromatic N) is 4. The molecule has 2 heterocycles. The molecule has 1 fully saturated rings. The van der Waals surface area contributed by atoms with E-state index in [1.54, 1.807) is 0 Å². The zero-order valence-electron chi connectivity index (χ0n) is 16.2. The number of hydrogen-bond donors (Lipinski definition) is 1. The molecule has 0 saturated carbocycles. The number of rotatable bonds is 8. The molecule has 1 atom stereocenters. The van der Waals surface area contributed by atoms with Crippen LogP contribution in [-0.2, 0) is 6.54 Å². The zero-order valence-corrected chi connectivity index (χ0v) is 16.2. The number of piperidine rings is 1. The molecule has 1 aliphatic rings. The van der Waals surface area contributed by atoms with Gasteiger partial charge >= 0.3 is 0 Å². The fourth-order valence-electron chi connectivity index (χ4n) is 3.47. The predicted octanol–water partition coefficient (Wildman–Crippen LogP) is 2.82. The highest BCUT2D eigenvalue weighted by Crippen LogP contribution is 2.25. The third-order valence-electron chi connectivity index (χ3n) is 4.83. The minimum atomic E-state index is 0.438. The van der Waals surface area contributed by atoms with Gasteiger partial charge in [0.1, 0.15) is 11.6 Å². The Morgan fingerprint density at radius 3 is 2.77 bits per heavy atom. The van der Waals surface area contributed by atoms with Gasteiger partial charge in [-0.3, -0.25) is 10.00 Å². The van der Waals surface area contributed by atoms with Crippen LogP contribution in [0.4, 0.5) is 0 Å². The first-order chi connectivity index (χ1) is 12.6. The van der Waals surface area contributed by atoms with Gasteiger partial charge in [0.15, 0.2) is 5.82 Å². The van der Waals surface area contributed by atoms with Crippen molar-refractivity contribution in [3.63, 3.8) is 0 Å². The molecule has 0 radical (unpaired) electrons. The van der Waals surface area contributed by atoms with Crippen molar-refractivity contribution in [1.82, 2.24) is 25.0 Å². The molecule has 1 aliphatic heterocycles. The number of benzene rings is 1. The lowest BCUT2D eigenvalue weighted by Crippen LogP contribution is -2.34. The lowest BCUT2D eigenvalue weighted by Gasteiger charge is -2.31.